The topological polar surface area (TPSA) is 58.4 Å². The van der Waals surface area contributed by atoms with Gasteiger partial charge in [-0.1, -0.05) is 0 Å². The minimum absolute atomic E-state index is 0.147. The number of aryl methyl sites for hydroxylation is 2. The number of thiophene rings is 1. The normalized spacial score (nSPS) is 23.3. The van der Waals surface area contributed by atoms with Crippen LogP contribution < -0.4 is 0 Å². The third-order valence-electron chi connectivity index (χ3n) is 5.74. The van der Waals surface area contributed by atoms with Gasteiger partial charge >= 0.3 is 0 Å². The lowest BCUT2D eigenvalue weighted by Gasteiger charge is -2.24. The highest BCUT2D eigenvalue weighted by atomic mass is 32.1. The van der Waals surface area contributed by atoms with Crippen LogP contribution in [0.2, 0.25) is 0 Å². The molecule has 2 aliphatic heterocycles. The average Bonchev–Trinajstić information content (AvgIpc) is 3.35. The van der Waals surface area contributed by atoms with Gasteiger partial charge in [0, 0.05) is 56.8 Å². The van der Waals surface area contributed by atoms with Crippen molar-refractivity contribution >= 4 is 23.2 Å². The van der Waals surface area contributed by atoms with Crippen molar-refractivity contribution in [1.82, 2.24) is 19.6 Å². The number of aromatic nitrogens is 2. The quantitative estimate of drug-likeness (QED) is 0.829. The van der Waals surface area contributed by atoms with E-state index in [0.29, 0.717) is 11.8 Å². The van der Waals surface area contributed by atoms with Crippen LogP contribution in [0.25, 0.3) is 0 Å². The molecule has 3 atom stereocenters. The molecule has 138 valence electrons. The van der Waals surface area contributed by atoms with Gasteiger partial charge in [-0.25, -0.2) is 0 Å². The summed E-state index contributed by atoms with van der Waals surface area (Å²) in [6.45, 7) is 6.95. The van der Waals surface area contributed by atoms with Crippen molar-refractivity contribution in [1.29, 1.82) is 0 Å². The summed E-state index contributed by atoms with van der Waals surface area (Å²) >= 11 is 1.52. The molecule has 0 spiro atoms. The molecule has 2 amide bonds. The molecule has 4 rings (SSSR count). The summed E-state index contributed by atoms with van der Waals surface area (Å²) in [4.78, 5) is 30.4. The summed E-state index contributed by atoms with van der Waals surface area (Å²) in [5, 5.41) is 6.14. The van der Waals surface area contributed by atoms with E-state index in [-0.39, 0.29) is 17.7 Å². The second-order valence-electron chi connectivity index (χ2n) is 7.58. The molecular formula is C19H24N4O2S. The van der Waals surface area contributed by atoms with Gasteiger partial charge in [-0.3, -0.25) is 14.3 Å². The molecule has 4 heterocycles. The zero-order chi connectivity index (χ0) is 18.4. The Bertz CT molecular complexity index is 828. The van der Waals surface area contributed by atoms with E-state index in [1.54, 1.807) is 10.9 Å². The number of hydrogen-bond donors (Lipinski definition) is 0. The second kappa shape index (κ2) is 6.54. The minimum Gasteiger partial charge on any atom is -0.341 e. The zero-order valence-electron chi connectivity index (χ0n) is 15.4. The summed E-state index contributed by atoms with van der Waals surface area (Å²) in [5.41, 5.74) is 2.01. The predicted molar refractivity (Wildman–Crippen MR) is 100 cm³/mol. The van der Waals surface area contributed by atoms with Gasteiger partial charge in [0.15, 0.2) is 0 Å². The fourth-order valence-electron chi connectivity index (χ4n) is 4.15. The standard InChI is InChI=1S/C19H24N4O2S/c1-12-4-5-26-17(12)19(25)23-10-15-8-22(9-16(15)11-23)18(24)13(2)14-6-20-21(3)7-14/h4-7,13,15-16H,8-11H2,1-3H3/t13?,15-,16+. The molecular weight excluding hydrogens is 348 g/mol. The highest BCUT2D eigenvalue weighted by molar-refractivity contribution is 7.12. The zero-order valence-corrected chi connectivity index (χ0v) is 16.2. The third kappa shape index (κ3) is 2.94. The van der Waals surface area contributed by atoms with Crippen LogP contribution in [-0.2, 0) is 11.8 Å². The molecule has 6 nitrogen and oxygen atoms in total. The lowest BCUT2D eigenvalue weighted by molar-refractivity contribution is -0.131. The first-order chi connectivity index (χ1) is 12.4. The van der Waals surface area contributed by atoms with E-state index in [1.165, 1.54) is 11.3 Å². The lowest BCUT2D eigenvalue weighted by atomic mass is 10.0. The first-order valence-corrected chi connectivity index (χ1v) is 9.92. The van der Waals surface area contributed by atoms with Crippen LogP contribution >= 0.6 is 11.3 Å². The van der Waals surface area contributed by atoms with Gasteiger partial charge in [0.05, 0.1) is 17.0 Å². The molecule has 2 aromatic heterocycles. The Morgan fingerprint density at radius 2 is 1.85 bits per heavy atom. The maximum Gasteiger partial charge on any atom is 0.264 e. The van der Waals surface area contributed by atoms with Crippen molar-refractivity contribution in [3.8, 4) is 0 Å². The van der Waals surface area contributed by atoms with E-state index in [4.69, 9.17) is 0 Å². The van der Waals surface area contributed by atoms with Crippen molar-refractivity contribution in [2.24, 2.45) is 18.9 Å². The van der Waals surface area contributed by atoms with Crippen molar-refractivity contribution in [2.45, 2.75) is 19.8 Å². The molecule has 0 aliphatic carbocycles. The summed E-state index contributed by atoms with van der Waals surface area (Å²) in [6.07, 6.45) is 3.67. The van der Waals surface area contributed by atoms with Gasteiger partial charge in [0.1, 0.15) is 0 Å². The monoisotopic (exact) mass is 372 g/mol. The molecule has 2 saturated heterocycles. The van der Waals surface area contributed by atoms with E-state index < -0.39 is 0 Å². The second-order valence-corrected chi connectivity index (χ2v) is 8.49. The average molecular weight is 372 g/mol. The van der Waals surface area contributed by atoms with Crippen molar-refractivity contribution in [2.75, 3.05) is 26.2 Å². The van der Waals surface area contributed by atoms with E-state index in [0.717, 1.165) is 42.2 Å². The Morgan fingerprint density at radius 1 is 1.19 bits per heavy atom. The summed E-state index contributed by atoms with van der Waals surface area (Å²) < 4.78 is 1.73. The Hall–Kier alpha value is -2.15. The van der Waals surface area contributed by atoms with Crippen molar-refractivity contribution in [3.05, 3.63) is 39.8 Å². The number of carbonyl (C=O) groups is 2. The van der Waals surface area contributed by atoms with Crippen LogP contribution in [-0.4, -0.2) is 57.6 Å². The van der Waals surface area contributed by atoms with Crippen LogP contribution in [0.3, 0.4) is 0 Å². The van der Waals surface area contributed by atoms with Crippen LogP contribution in [0.5, 0.6) is 0 Å². The Kier molecular flexibility index (Phi) is 4.34. The molecule has 26 heavy (non-hydrogen) atoms. The number of nitrogens with zero attached hydrogens (tertiary/aromatic N) is 4. The van der Waals surface area contributed by atoms with Crippen LogP contribution in [0.1, 0.15) is 33.6 Å². The fourth-order valence-corrected chi connectivity index (χ4v) is 5.05. The first kappa shape index (κ1) is 17.3. The molecule has 2 aliphatic rings. The molecule has 2 aromatic rings. The van der Waals surface area contributed by atoms with Crippen LogP contribution in [0, 0.1) is 18.8 Å². The van der Waals surface area contributed by atoms with Gasteiger partial charge < -0.3 is 9.80 Å². The summed E-state index contributed by atoms with van der Waals surface area (Å²) in [7, 11) is 1.86. The molecule has 0 N–H and O–H groups in total. The number of amides is 2. The van der Waals surface area contributed by atoms with Crippen molar-refractivity contribution < 1.29 is 9.59 Å². The Labute approximate surface area is 157 Å². The van der Waals surface area contributed by atoms with E-state index in [1.807, 2.05) is 48.3 Å². The molecule has 0 aromatic carbocycles. The van der Waals surface area contributed by atoms with E-state index in [9.17, 15) is 9.59 Å². The number of rotatable bonds is 3. The number of hydrogen-bond acceptors (Lipinski definition) is 4. The molecule has 0 radical (unpaired) electrons. The fraction of sp³-hybridized carbons (Fsp3) is 0.526. The maximum atomic E-state index is 12.8. The molecule has 0 saturated carbocycles. The lowest BCUT2D eigenvalue weighted by Crippen LogP contribution is -2.37. The van der Waals surface area contributed by atoms with E-state index >= 15 is 0 Å². The minimum atomic E-state index is -0.172. The molecule has 1 unspecified atom stereocenters. The van der Waals surface area contributed by atoms with Crippen LogP contribution in [0.4, 0.5) is 0 Å². The number of fused-ring (bicyclic) bond motifs is 1. The summed E-state index contributed by atoms with van der Waals surface area (Å²) in [5.74, 6) is 0.926. The largest absolute Gasteiger partial charge is 0.341 e. The van der Waals surface area contributed by atoms with Gasteiger partial charge in [0.2, 0.25) is 5.91 Å². The highest BCUT2D eigenvalue weighted by Crippen LogP contribution is 2.34. The third-order valence-corrected chi connectivity index (χ3v) is 6.74. The molecule has 2 fully saturated rings. The smallest absolute Gasteiger partial charge is 0.264 e. The van der Waals surface area contributed by atoms with Gasteiger partial charge in [-0.15, -0.1) is 11.3 Å². The van der Waals surface area contributed by atoms with Gasteiger partial charge in [-0.2, -0.15) is 5.10 Å². The summed E-state index contributed by atoms with van der Waals surface area (Å²) in [6, 6.07) is 2.00. The predicted octanol–water partition coefficient (Wildman–Crippen LogP) is 2.12. The Morgan fingerprint density at radius 3 is 2.38 bits per heavy atom. The SMILES string of the molecule is Cc1ccsc1C(=O)N1C[C@@H]2CN(C(=O)C(C)c3cnn(C)c3)C[C@@H]2C1. The van der Waals surface area contributed by atoms with Gasteiger partial charge in [0.25, 0.3) is 5.91 Å². The maximum absolute atomic E-state index is 12.8. The molecule has 7 heteroatoms. The Balaban J connectivity index is 1.38. The first-order valence-electron chi connectivity index (χ1n) is 9.04. The highest BCUT2D eigenvalue weighted by Gasteiger charge is 2.44. The number of likely N-dealkylation sites (tertiary alicyclic amines) is 2. The molecule has 0 bridgehead atoms. The number of carbonyl (C=O) groups excluding carboxylic acids is 2. The van der Waals surface area contributed by atoms with Crippen LogP contribution in [0.15, 0.2) is 23.8 Å². The van der Waals surface area contributed by atoms with Crippen molar-refractivity contribution in [3.63, 3.8) is 0 Å². The van der Waals surface area contributed by atoms with Gasteiger partial charge in [-0.05, 0) is 30.9 Å². The van der Waals surface area contributed by atoms with E-state index in [2.05, 4.69) is 5.10 Å².